The van der Waals surface area contributed by atoms with Gasteiger partial charge in [-0.05, 0) is 40.5 Å². The third-order valence-electron chi connectivity index (χ3n) is 3.22. The molecule has 0 bridgehead atoms. The molecule has 17 heavy (non-hydrogen) atoms. The minimum absolute atomic E-state index is 0.139. The van der Waals surface area contributed by atoms with Crippen molar-refractivity contribution in [3.63, 3.8) is 0 Å². The van der Waals surface area contributed by atoms with Crippen LogP contribution in [0.1, 0.15) is 47.0 Å². The van der Waals surface area contributed by atoms with E-state index >= 15 is 0 Å². The third-order valence-corrected chi connectivity index (χ3v) is 3.22. The molecule has 2 atom stereocenters. The van der Waals surface area contributed by atoms with Gasteiger partial charge in [-0.15, -0.1) is 0 Å². The van der Waals surface area contributed by atoms with Crippen LogP contribution in [0.25, 0.3) is 0 Å². The van der Waals surface area contributed by atoms with E-state index in [1.807, 2.05) is 27.7 Å². The van der Waals surface area contributed by atoms with Crippen molar-refractivity contribution in [2.45, 2.75) is 58.6 Å². The van der Waals surface area contributed by atoms with E-state index in [4.69, 9.17) is 4.74 Å². The molecule has 1 aliphatic carbocycles. The number of amides is 1. The molecule has 0 aliphatic heterocycles. The van der Waals surface area contributed by atoms with Crippen molar-refractivity contribution in [1.29, 1.82) is 0 Å². The molecule has 1 N–H and O–H groups in total. The molecule has 0 heterocycles. The summed E-state index contributed by atoms with van der Waals surface area (Å²) in [5.41, 5.74) is -0.460. The summed E-state index contributed by atoms with van der Waals surface area (Å²) in [6.07, 6.45) is 2.79. The number of aliphatic hydroxyl groups excluding tert-OH is 1. The summed E-state index contributed by atoms with van der Waals surface area (Å²) in [7, 11) is 0. The second-order valence-electron chi connectivity index (χ2n) is 5.71. The first-order valence-electron chi connectivity index (χ1n) is 6.49. The monoisotopic (exact) mass is 243 g/mol. The van der Waals surface area contributed by atoms with E-state index in [0.717, 1.165) is 19.3 Å². The first-order chi connectivity index (χ1) is 7.89. The lowest BCUT2D eigenvalue weighted by atomic mass is 10.0. The van der Waals surface area contributed by atoms with E-state index in [2.05, 4.69) is 0 Å². The maximum Gasteiger partial charge on any atom is 0.410 e. The highest BCUT2D eigenvalue weighted by molar-refractivity contribution is 5.68. The Labute approximate surface area is 104 Å². The smallest absolute Gasteiger partial charge is 0.410 e. The summed E-state index contributed by atoms with van der Waals surface area (Å²) >= 11 is 0. The topological polar surface area (TPSA) is 49.8 Å². The number of hydrogen-bond donors (Lipinski definition) is 1. The van der Waals surface area contributed by atoms with Gasteiger partial charge in [-0.1, -0.05) is 6.42 Å². The fourth-order valence-electron chi connectivity index (χ4n) is 2.46. The highest BCUT2D eigenvalue weighted by atomic mass is 16.6. The highest BCUT2D eigenvalue weighted by Gasteiger charge is 2.35. The number of aliphatic hydroxyl groups is 1. The number of nitrogens with zero attached hydrogens (tertiary/aromatic N) is 1. The predicted molar refractivity (Wildman–Crippen MR) is 66.8 cm³/mol. The van der Waals surface area contributed by atoms with Gasteiger partial charge in [-0.2, -0.15) is 0 Å². The van der Waals surface area contributed by atoms with Crippen LogP contribution >= 0.6 is 0 Å². The molecule has 1 aliphatic rings. The zero-order valence-corrected chi connectivity index (χ0v) is 11.4. The first kappa shape index (κ1) is 14.3. The van der Waals surface area contributed by atoms with Crippen LogP contribution in [0.4, 0.5) is 4.79 Å². The van der Waals surface area contributed by atoms with Crippen LogP contribution in [0.15, 0.2) is 0 Å². The molecule has 1 fully saturated rings. The summed E-state index contributed by atoms with van der Waals surface area (Å²) in [6.45, 7) is 8.36. The summed E-state index contributed by atoms with van der Waals surface area (Å²) in [5.74, 6) is 0.211. The van der Waals surface area contributed by atoms with Gasteiger partial charge < -0.3 is 14.7 Å². The Morgan fingerprint density at radius 1 is 1.41 bits per heavy atom. The number of hydrogen-bond acceptors (Lipinski definition) is 3. The van der Waals surface area contributed by atoms with Crippen molar-refractivity contribution < 1.29 is 14.6 Å². The zero-order chi connectivity index (χ0) is 13.1. The fraction of sp³-hybridized carbons (Fsp3) is 0.923. The van der Waals surface area contributed by atoms with Crippen LogP contribution in [0, 0.1) is 5.92 Å². The molecule has 0 saturated heterocycles. The van der Waals surface area contributed by atoms with Gasteiger partial charge in [0.15, 0.2) is 0 Å². The number of carbonyl (C=O) groups is 1. The van der Waals surface area contributed by atoms with Gasteiger partial charge in [0.05, 0.1) is 0 Å². The van der Waals surface area contributed by atoms with Crippen LogP contribution in [-0.4, -0.2) is 40.9 Å². The van der Waals surface area contributed by atoms with E-state index in [1.165, 1.54) is 0 Å². The van der Waals surface area contributed by atoms with Gasteiger partial charge in [0.2, 0.25) is 0 Å². The van der Waals surface area contributed by atoms with Crippen molar-refractivity contribution in [3.05, 3.63) is 0 Å². The Hall–Kier alpha value is -0.770. The molecule has 100 valence electrons. The zero-order valence-electron chi connectivity index (χ0n) is 11.4. The van der Waals surface area contributed by atoms with Crippen molar-refractivity contribution in [2.24, 2.45) is 5.92 Å². The fourth-order valence-corrected chi connectivity index (χ4v) is 2.46. The molecule has 0 aromatic rings. The molecule has 1 amide bonds. The average Bonchev–Trinajstić information content (AvgIpc) is 2.64. The molecule has 1 saturated carbocycles. The maximum absolute atomic E-state index is 12.1. The molecule has 4 nitrogen and oxygen atoms in total. The van der Waals surface area contributed by atoms with Crippen LogP contribution < -0.4 is 0 Å². The van der Waals surface area contributed by atoms with E-state index in [9.17, 15) is 9.90 Å². The summed E-state index contributed by atoms with van der Waals surface area (Å²) in [6, 6.07) is 0.139. The van der Waals surface area contributed by atoms with Gasteiger partial charge in [0.1, 0.15) is 5.60 Å². The average molecular weight is 243 g/mol. The van der Waals surface area contributed by atoms with Crippen molar-refractivity contribution in [1.82, 2.24) is 4.90 Å². The molecule has 0 radical (unpaired) electrons. The van der Waals surface area contributed by atoms with E-state index < -0.39 is 5.60 Å². The minimum atomic E-state index is -0.460. The highest BCUT2D eigenvalue weighted by Crippen LogP contribution is 2.30. The quantitative estimate of drug-likeness (QED) is 0.828. The number of ether oxygens (including phenoxy) is 1. The van der Waals surface area contributed by atoms with Crippen molar-refractivity contribution in [2.75, 3.05) is 13.2 Å². The lowest BCUT2D eigenvalue weighted by Gasteiger charge is -2.33. The number of rotatable bonds is 3. The SMILES string of the molecule is CCN(C(=O)OC(C)(C)C)[C@H]1CCC[C@@H]1CO. The van der Waals surface area contributed by atoms with E-state index in [-0.39, 0.29) is 24.7 Å². The van der Waals surface area contributed by atoms with Gasteiger partial charge in [0, 0.05) is 25.1 Å². The van der Waals surface area contributed by atoms with E-state index in [1.54, 1.807) is 4.90 Å². The summed E-state index contributed by atoms with van der Waals surface area (Å²) in [5, 5.41) is 9.32. The van der Waals surface area contributed by atoms with Crippen molar-refractivity contribution >= 4 is 6.09 Å². The summed E-state index contributed by atoms with van der Waals surface area (Å²) in [4.78, 5) is 13.8. The second-order valence-corrected chi connectivity index (χ2v) is 5.71. The van der Waals surface area contributed by atoms with Crippen LogP contribution in [0.2, 0.25) is 0 Å². The lowest BCUT2D eigenvalue weighted by molar-refractivity contribution is 0.0104. The Balaban J connectivity index is 2.67. The molecular weight excluding hydrogens is 218 g/mol. The Morgan fingerprint density at radius 2 is 2.06 bits per heavy atom. The van der Waals surface area contributed by atoms with Gasteiger partial charge in [-0.3, -0.25) is 0 Å². The maximum atomic E-state index is 12.1. The van der Waals surface area contributed by atoms with Crippen LogP contribution in [-0.2, 0) is 4.74 Å². The Kier molecular flexibility index (Phi) is 4.80. The van der Waals surface area contributed by atoms with Gasteiger partial charge >= 0.3 is 6.09 Å². The Bertz CT molecular complexity index is 260. The van der Waals surface area contributed by atoms with Crippen molar-refractivity contribution in [3.8, 4) is 0 Å². The molecule has 0 unspecified atom stereocenters. The molecule has 1 rings (SSSR count). The summed E-state index contributed by atoms with van der Waals surface area (Å²) < 4.78 is 5.40. The molecule has 0 aromatic heterocycles. The van der Waals surface area contributed by atoms with Crippen LogP contribution in [0.3, 0.4) is 0 Å². The first-order valence-corrected chi connectivity index (χ1v) is 6.49. The Morgan fingerprint density at radius 3 is 2.53 bits per heavy atom. The normalized spacial score (nSPS) is 24.8. The van der Waals surface area contributed by atoms with Crippen LogP contribution in [0.5, 0.6) is 0 Å². The number of carbonyl (C=O) groups excluding carboxylic acids is 1. The second kappa shape index (κ2) is 5.71. The van der Waals surface area contributed by atoms with Gasteiger partial charge in [0.25, 0.3) is 0 Å². The molecule has 0 aromatic carbocycles. The lowest BCUT2D eigenvalue weighted by Crippen LogP contribution is -2.45. The largest absolute Gasteiger partial charge is 0.444 e. The third kappa shape index (κ3) is 3.87. The predicted octanol–water partition coefficient (Wildman–Crippen LogP) is 2.40. The molecular formula is C13H25NO3. The van der Waals surface area contributed by atoms with Gasteiger partial charge in [-0.25, -0.2) is 4.79 Å². The molecule has 4 heteroatoms. The van der Waals surface area contributed by atoms with E-state index in [0.29, 0.717) is 6.54 Å². The molecule has 0 spiro atoms. The minimum Gasteiger partial charge on any atom is -0.444 e. The standard InChI is InChI=1S/C13H25NO3/c1-5-14(12(16)17-13(2,3)4)11-8-6-7-10(11)9-15/h10-11,15H,5-9H2,1-4H3/t10-,11+/m1/s1.